The quantitative estimate of drug-likeness (QED) is 0.417. The predicted octanol–water partition coefficient (Wildman–Crippen LogP) is -0.909. The third-order valence-electron chi connectivity index (χ3n) is 1.09. The summed E-state index contributed by atoms with van der Waals surface area (Å²) in [5, 5.41) is 30.8. The molecule has 60 valence electrons. The average Bonchev–Trinajstić information content (AvgIpc) is 2.33. The largest absolute Gasteiger partial charge is 0.476 e. The Kier molecular flexibility index (Phi) is 1.88. The maximum Gasteiger partial charge on any atom is 0.356 e. The van der Waals surface area contributed by atoms with Crippen LogP contribution in [0.25, 0.3) is 0 Å². The molecule has 0 amide bonds. The number of aromatic carboxylic acids is 1. The van der Waals surface area contributed by atoms with Crippen LogP contribution in [0.5, 0.6) is 0 Å². The fourth-order valence-electron chi connectivity index (χ4n) is 0.578. The Hall–Kier alpha value is -1.40. The number of nitrogens with one attached hydrogen (secondary N) is 1. The topological polar surface area (TPSA) is 106 Å². The summed E-state index contributed by atoms with van der Waals surface area (Å²) >= 11 is 0. The van der Waals surface area contributed by atoms with Gasteiger partial charge in [-0.25, -0.2) is 4.79 Å². The number of carboxylic acids is 1. The molecule has 0 aliphatic rings. The van der Waals surface area contributed by atoms with Crippen molar-refractivity contribution in [1.29, 1.82) is 0 Å². The molecule has 4 N–H and O–H groups in total. The van der Waals surface area contributed by atoms with Crippen molar-refractivity contribution in [2.75, 3.05) is 0 Å². The van der Waals surface area contributed by atoms with Gasteiger partial charge in [0.05, 0.1) is 5.69 Å². The van der Waals surface area contributed by atoms with Crippen molar-refractivity contribution in [1.82, 2.24) is 10.2 Å². The zero-order valence-electron chi connectivity index (χ0n) is 5.35. The van der Waals surface area contributed by atoms with Crippen molar-refractivity contribution in [3.8, 4) is 0 Å². The first kappa shape index (κ1) is 7.70. The molecule has 0 spiro atoms. The van der Waals surface area contributed by atoms with Crippen LogP contribution >= 0.6 is 0 Å². The van der Waals surface area contributed by atoms with E-state index in [1.54, 1.807) is 0 Å². The third-order valence-corrected chi connectivity index (χ3v) is 1.09. The lowest BCUT2D eigenvalue weighted by atomic mass is 10.3. The number of hydrogen-bond donors (Lipinski definition) is 4. The minimum absolute atomic E-state index is 0.0394. The molecule has 0 fully saturated rings. The van der Waals surface area contributed by atoms with Crippen molar-refractivity contribution >= 4 is 5.97 Å². The van der Waals surface area contributed by atoms with Gasteiger partial charge in [0.15, 0.2) is 12.0 Å². The number of aromatic amines is 1. The van der Waals surface area contributed by atoms with Crippen molar-refractivity contribution in [3.63, 3.8) is 0 Å². The standard InChI is InChI=1S/C5H6N2O4/c8-4(9)2-1-3(5(10)11)7-6-2/h1,4,8-9H,(H,6,7)(H,10,11). The molecule has 6 heteroatoms. The molecular weight excluding hydrogens is 152 g/mol. The van der Waals surface area contributed by atoms with Crippen LogP contribution in [0.15, 0.2) is 6.07 Å². The van der Waals surface area contributed by atoms with Gasteiger partial charge in [-0.1, -0.05) is 0 Å². The molecule has 0 radical (unpaired) electrons. The van der Waals surface area contributed by atoms with E-state index in [0.717, 1.165) is 6.07 Å². The highest BCUT2D eigenvalue weighted by Gasteiger charge is 2.11. The molecule has 0 unspecified atom stereocenters. The SMILES string of the molecule is O=C(O)c1cc(C(O)O)[nH]n1. The third kappa shape index (κ3) is 1.54. The van der Waals surface area contributed by atoms with Crippen LogP contribution in [0.3, 0.4) is 0 Å². The lowest BCUT2D eigenvalue weighted by molar-refractivity contribution is -0.0458. The average molecular weight is 158 g/mol. The molecule has 0 saturated carbocycles. The van der Waals surface area contributed by atoms with Gasteiger partial charge in [0.2, 0.25) is 0 Å². The van der Waals surface area contributed by atoms with E-state index in [0.29, 0.717) is 0 Å². The molecule has 0 atom stereocenters. The fraction of sp³-hybridized carbons (Fsp3) is 0.200. The van der Waals surface area contributed by atoms with Crippen molar-refractivity contribution in [2.24, 2.45) is 0 Å². The first-order chi connectivity index (χ1) is 5.11. The van der Waals surface area contributed by atoms with Crippen LogP contribution in [-0.2, 0) is 0 Å². The summed E-state index contributed by atoms with van der Waals surface area (Å²) in [6.07, 6.45) is -1.71. The number of carbonyl (C=O) groups is 1. The van der Waals surface area contributed by atoms with Gasteiger partial charge in [0.25, 0.3) is 0 Å². The number of aliphatic hydroxyl groups excluding tert-OH is 1. The van der Waals surface area contributed by atoms with Gasteiger partial charge >= 0.3 is 5.97 Å². The molecule has 11 heavy (non-hydrogen) atoms. The Bertz CT molecular complexity index is 267. The molecule has 0 aliphatic carbocycles. The summed E-state index contributed by atoms with van der Waals surface area (Å²) in [5.74, 6) is -1.21. The second-order valence-electron chi connectivity index (χ2n) is 1.89. The number of aromatic nitrogens is 2. The van der Waals surface area contributed by atoms with Gasteiger partial charge in [-0.2, -0.15) is 5.10 Å². The molecule has 1 rings (SSSR count). The highest BCUT2D eigenvalue weighted by Crippen LogP contribution is 2.06. The fourth-order valence-corrected chi connectivity index (χ4v) is 0.578. The van der Waals surface area contributed by atoms with Gasteiger partial charge in [-0.05, 0) is 6.07 Å². The molecule has 0 saturated heterocycles. The Morgan fingerprint density at radius 2 is 2.27 bits per heavy atom. The summed E-state index contributed by atoms with van der Waals surface area (Å²) < 4.78 is 0. The van der Waals surface area contributed by atoms with Crippen LogP contribution in [0.2, 0.25) is 0 Å². The van der Waals surface area contributed by atoms with Gasteiger partial charge in [0.1, 0.15) is 0 Å². The Morgan fingerprint density at radius 1 is 1.64 bits per heavy atom. The molecule has 1 heterocycles. The van der Waals surface area contributed by atoms with Gasteiger partial charge in [-0.15, -0.1) is 0 Å². The summed E-state index contributed by atoms with van der Waals surface area (Å²) in [6.45, 7) is 0. The summed E-state index contributed by atoms with van der Waals surface area (Å²) in [6, 6.07) is 1.05. The first-order valence-electron chi connectivity index (χ1n) is 2.76. The monoisotopic (exact) mass is 158 g/mol. The number of rotatable bonds is 2. The highest BCUT2D eigenvalue weighted by atomic mass is 16.5. The lowest BCUT2D eigenvalue weighted by Gasteiger charge is -1.94. The summed E-state index contributed by atoms with van der Waals surface area (Å²) in [4.78, 5) is 10.2. The van der Waals surface area contributed by atoms with E-state index in [9.17, 15) is 4.79 Å². The molecule has 1 aromatic rings. The van der Waals surface area contributed by atoms with Gasteiger partial charge < -0.3 is 15.3 Å². The minimum Gasteiger partial charge on any atom is -0.476 e. The number of nitrogens with zero attached hydrogens (tertiary/aromatic N) is 1. The number of H-pyrrole nitrogens is 1. The van der Waals surface area contributed by atoms with Crippen molar-refractivity contribution < 1.29 is 20.1 Å². The second kappa shape index (κ2) is 2.69. The number of carboxylic acid groups (broad SMARTS) is 1. The van der Waals surface area contributed by atoms with E-state index >= 15 is 0 Å². The number of hydrogen-bond acceptors (Lipinski definition) is 4. The van der Waals surface area contributed by atoms with Gasteiger partial charge in [0, 0.05) is 0 Å². The molecule has 1 aromatic heterocycles. The molecular formula is C5H6N2O4. The zero-order chi connectivity index (χ0) is 8.43. The molecule has 0 aliphatic heterocycles. The first-order valence-corrected chi connectivity index (χ1v) is 2.76. The van der Waals surface area contributed by atoms with Crippen molar-refractivity contribution in [2.45, 2.75) is 6.29 Å². The maximum atomic E-state index is 10.2. The lowest BCUT2D eigenvalue weighted by Crippen LogP contribution is -1.95. The summed E-state index contributed by atoms with van der Waals surface area (Å²) in [5.41, 5.74) is -0.282. The Morgan fingerprint density at radius 3 is 2.55 bits per heavy atom. The highest BCUT2D eigenvalue weighted by molar-refractivity contribution is 5.85. The van der Waals surface area contributed by atoms with Crippen molar-refractivity contribution in [3.05, 3.63) is 17.5 Å². The van der Waals surface area contributed by atoms with E-state index in [-0.39, 0.29) is 11.4 Å². The van der Waals surface area contributed by atoms with E-state index in [4.69, 9.17) is 15.3 Å². The van der Waals surface area contributed by atoms with E-state index in [2.05, 4.69) is 10.2 Å². The normalized spacial score (nSPS) is 10.5. The van der Waals surface area contributed by atoms with Crippen LogP contribution < -0.4 is 0 Å². The number of aliphatic hydroxyl groups is 2. The Balaban J connectivity index is 2.90. The van der Waals surface area contributed by atoms with Crippen LogP contribution in [0.1, 0.15) is 22.5 Å². The van der Waals surface area contributed by atoms with Crippen LogP contribution in [0.4, 0.5) is 0 Å². The molecule has 0 bridgehead atoms. The van der Waals surface area contributed by atoms with E-state index < -0.39 is 12.3 Å². The zero-order valence-corrected chi connectivity index (χ0v) is 5.35. The van der Waals surface area contributed by atoms with Crippen LogP contribution in [0, 0.1) is 0 Å². The molecule has 6 nitrogen and oxygen atoms in total. The molecule has 0 aromatic carbocycles. The predicted molar refractivity (Wildman–Crippen MR) is 32.7 cm³/mol. The van der Waals surface area contributed by atoms with Gasteiger partial charge in [-0.3, -0.25) is 5.10 Å². The smallest absolute Gasteiger partial charge is 0.356 e. The van der Waals surface area contributed by atoms with Crippen LogP contribution in [-0.4, -0.2) is 31.5 Å². The maximum absolute atomic E-state index is 10.2. The van der Waals surface area contributed by atoms with E-state index in [1.807, 2.05) is 0 Å². The Labute approximate surface area is 61.1 Å². The second-order valence-corrected chi connectivity index (χ2v) is 1.89. The van der Waals surface area contributed by atoms with E-state index in [1.165, 1.54) is 0 Å². The minimum atomic E-state index is -1.71. The summed E-state index contributed by atoms with van der Waals surface area (Å²) in [7, 11) is 0.